The largest absolute Gasteiger partial charge is 0.340 e. The van der Waals surface area contributed by atoms with Gasteiger partial charge in [0.1, 0.15) is 11.1 Å². The van der Waals surface area contributed by atoms with E-state index < -0.39 is 26.8 Å². The summed E-state index contributed by atoms with van der Waals surface area (Å²) in [6, 6.07) is 5.88. The summed E-state index contributed by atoms with van der Waals surface area (Å²) in [4.78, 5) is 18.0. The second-order valence-corrected chi connectivity index (χ2v) is 9.12. The van der Waals surface area contributed by atoms with Crippen molar-refractivity contribution >= 4 is 27.1 Å². The molecule has 136 valence electrons. The Bertz CT molecular complexity index is 849. The Morgan fingerprint density at radius 2 is 2.12 bits per heavy atom. The molecule has 0 fully saturated rings. The fraction of sp³-hybridized carbons (Fsp3) is 0.412. The predicted molar refractivity (Wildman–Crippen MR) is 96.5 cm³/mol. The van der Waals surface area contributed by atoms with E-state index in [1.807, 2.05) is 6.92 Å². The Hall–Kier alpha value is -1.80. The van der Waals surface area contributed by atoms with Crippen molar-refractivity contribution in [2.75, 3.05) is 7.05 Å². The molecule has 1 aromatic heterocycles. The van der Waals surface area contributed by atoms with Crippen LogP contribution in [-0.2, 0) is 33.4 Å². The molecule has 0 saturated heterocycles. The number of carbonyl (C=O) groups excluding carboxylic acids is 1. The van der Waals surface area contributed by atoms with Crippen LogP contribution in [0.3, 0.4) is 0 Å². The van der Waals surface area contributed by atoms with Gasteiger partial charge in [-0.2, -0.15) is 0 Å². The highest BCUT2D eigenvalue weighted by Gasteiger charge is 2.31. The van der Waals surface area contributed by atoms with Gasteiger partial charge in [0.25, 0.3) is 0 Å². The molecule has 0 unspecified atom stereocenters. The number of rotatable bonds is 7. The summed E-state index contributed by atoms with van der Waals surface area (Å²) in [5.74, 6) is -1.17. The van der Waals surface area contributed by atoms with Gasteiger partial charge in [-0.25, -0.2) is 17.8 Å². The quantitative estimate of drug-likeness (QED) is 0.736. The van der Waals surface area contributed by atoms with Crippen molar-refractivity contribution in [3.63, 3.8) is 0 Å². The minimum atomic E-state index is -3.67. The lowest BCUT2D eigenvalue weighted by Gasteiger charge is -2.21. The van der Waals surface area contributed by atoms with Crippen molar-refractivity contribution in [3.8, 4) is 0 Å². The number of amides is 1. The van der Waals surface area contributed by atoms with Gasteiger partial charge in [-0.1, -0.05) is 19.1 Å². The number of nitrogens with zero attached hydrogens (tertiary/aromatic N) is 2. The summed E-state index contributed by atoms with van der Waals surface area (Å²) < 4.78 is 38.2. The number of aromatic nitrogens is 1. The summed E-state index contributed by atoms with van der Waals surface area (Å²) in [7, 11) is -2.16. The maximum atomic E-state index is 13.2. The third-order valence-electron chi connectivity index (χ3n) is 3.82. The molecule has 1 atom stereocenters. The minimum Gasteiger partial charge on any atom is -0.340 e. The van der Waals surface area contributed by atoms with Gasteiger partial charge >= 0.3 is 0 Å². The number of hydrogen-bond acceptors (Lipinski definition) is 5. The zero-order valence-electron chi connectivity index (χ0n) is 14.4. The number of aryl methyl sites for hydroxylation is 1. The van der Waals surface area contributed by atoms with E-state index in [0.717, 1.165) is 11.4 Å². The first-order chi connectivity index (χ1) is 11.7. The zero-order valence-corrected chi connectivity index (χ0v) is 16.0. The van der Waals surface area contributed by atoms with E-state index >= 15 is 0 Å². The minimum absolute atomic E-state index is 0.146. The topological polar surface area (TPSA) is 67.3 Å². The first-order valence-corrected chi connectivity index (χ1v) is 10.5. The van der Waals surface area contributed by atoms with Crippen LogP contribution in [0.25, 0.3) is 0 Å². The van der Waals surface area contributed by atoms with Gasteiger partial charge in [0.15, 0.2) is 9.84 Å². The van der Waals surface area contributed by atoms with Crippen LogP contribution in [-0.4, -0.2) is 36.5 Å². The van der Waals surface area contributed by atoms with Gasteiger partial charge < -0.3 is 4.90 Å². The third kappa shape index (κ3) is 5.09. The fourth-order valence-corrected chi connectivity index (χ4v) is 4.51. The molecule has 1 aromatic carbocycles. The molecule has 0 spiro atoms. The number of benzene rings is 1. The van der Waals surface area contributed by atoms with Crippen LogP contribution >= 0.6 is 11.3 Å². The zero-order chi connectivity index (χ0) is 18.6. The monoisotopic (exact) mass is 384 g/mol. The average molecular weight is 384 g/mol. The molecule has 25 heavy (non-hydrogen) atoms. The van der Waals surface area contributed by atoms with Crippen molar-refractivity contribution in [2.45, 2.75) is 37.8 Å². The molecule has 1 heterocycles. The van der Waals surface area contributed by atoms with E-state index in [1.165, 1.54) is 42.3 Å². The van der Waals surface area contributed by atoms with Crippen LogP contribution in [0.15, 0.2) is 29.6 Å². The normalized spacial score (nSPS) is 12.8. The molecular formula is C17H21FN2O3S2. The molecule has 0 aliphatic carbocycles. The van der Waals surface area contributed by atoms with Gasteiger partial charge in [0.05, 0.1) is 16.5 Å². The number of hydrogen-bond donors (Lipinski definition) is 0. The molecule has 8 heteroatoms. The predicted octanol–water partition coefficient (Wildman–Crippen LogP) is 2.81. The maximum absolute atomic E-state index is 13.2. The van der Waals surface area contributed by atoms with Gasteiger partial charge in [0, 0.05) is 19.0 Å². The Balaban J connectivity index is 2.06. The van der Waals surface area contributed by atoms with E-state index in [0.29, 0.717) is 11.3 Å². The highest BCUT2D eigenvalue weighted by molar-refractivity contribution is 7.92. The van der Waals surface area contributed by atoms with E-state index in [9.17, 15) is 17.6 Å². The Kier molecular flexibility index (Phi) is 6.29. The third-order valence-corrected chi connectivity index (χ3v) is 6.84. The second kappa shape index (κ2) is 8.05. The first-order valence-electron chi connectivity index (χ1n) is 7.87. The highest BCUT2D eigenvalue weighted by atomic mass is 32.2. The Morgan fingerprint density at radius 3 is 2.72 bits per heavy atom. The lowest BCUT2D eigenvalue weighted by atomic mass is 10.2. The van der Waals surface area contributed by atoms with E-state index in [2.05, 4.69) is 4.98 Å². The number of halogens is 1. The summed E-state index contributed by atoms with van der Waals surface area (Å²) in [5, 5.41) is 1.40. The van der Waals surface area contributed by atoms with Crippen molar-refractivity contribution < 1.29 is 17.6 Å². The standard InChI is InChI=1S/C17H21FN2O3S2/c1-4-16-19-15(10-24-16)11-25(22,23)12(2)17(21)20(3)9-13-6-5-7-14(18)8-13/h5-8,10,12H,4,9,11H2,1-3H3/t12-/m1/s1. The molecule has 1 amide bonds. The van der Waals surface area contributed by atoms with Crippen molar-refractivity contribution in [1.82, 2.24) is 9.88 Å². The summed E-state index contributed by atoms with van der Waals surface area (Å²) in [5.41, 5.74) is 1.07. The van der Waals surface area contributed by atoms with Gasteiger partial charge in [-0.15, -0.1) is 11.3 Å². The van der Waals surface area contributed by atoms with E-state index in [1.54, 1.807) is 17.5 Å². The van der Waals surface area contributed by atoms with Crippen LogP contribution in [0, 0.1) is 5.82 Å². The van der Waals surface area contributed by atoms with Crippen molar-refractivity contribution in [2.24, 2.45) is 0 Å². The van der Waals surface area contributed by atoms with Gasteiger partial charge in [-0.3, -0.25) is 4.79 Å². The van der Waals surface area contributed by atoms with E-state index in [-0.39, 0.29) is 12.3 Å². The summed E-state index contributed by atoms with van der Waals surface area (Å²) in [6.07, 6.45) is 0.746. The van der Waals surface area contributed by atoms with Gasteiger partial charge in [0.2, 0.25) is 5.91 Å². The molecule has 0 aliphatic rings. The second-order valence-electron chi connectivity index (χ2n) is 5.86. The molecule has 5 nitrogen and oxygen atoms in total. The first kappa shape index (κ1) is 19.5. The van der Waals surface area contributed by atoms with Crippen LogP contribution in [0.5, 0.6) is 0 Å². The van der Waals surface area contributed by atoms with Crippen LogP contribution in [0.1, 0.15) is 30.1 Å². The number of carbonyl (C=O) groups is 1. The maximum Gasteiger partial charge on any atom is 0.240 e. The lowest BCUT2D eigenvalue weighted by molar-refractivity contribution is -0.129. The van der Waals surface area contributed by atoms with Gasteiger partial charge in [-0.05, 0) is 31.0 Å². The molecule has 0 radical (unpaired) electrons. The smallest absolute Gasteiger partial charge is 0.240 e. The lowest BCUT2D eigenvalue weighted by Crippen LogP contribution is -2.39. The summed E-state index contributed by atoms with van der Waals surface area (Å²) in [6.45, 7) is 3.48. The molecule has 0 bridgehead atoms. The number of thiazole rings is 1. The van der Waals surface area contributed by atoms with Crippen LogP contribution in [0.2, 0.25) is 0 Å². The van der Waals surface area contributed by atoms with E-state index in [4.69, 9.17) is 0 Å². The Morgan fingerprint density at radius 1 is 1.40 bits per heavy atom. The molecule has 2 aromatic rings. The molecular weight excluding hydrogens is 363 g/mol. The van der Waals surface area contributed by atoms with Crippen molar-refractivity contribution in [3.05, 3.63) is 51.7 Å². The summed E-state index contributed by atoms with van der Waals surface area (Å²) >= 11 is 1.41. The van der Waals surface area contributed by atoms with Crippen molar-refractivity contribution in [1.29, 1.82) is 0 Å². The SMILES string of the molecule is CCc1nc(CS(=O)(=O)[C@H](C)C(=O)N(C)Cc2cccc(F)c2)cs1. The molecule has 0 N–H and O–H groups in total. The molecule has 2 rings (SSSR count). The van der Waals surface area contributed by atoms with Crippen LogP contribution in [0.4, 0.5) is 4.39 Å². The molecule has 0 aliphatic heterocycles. The molecule has 0 saturated carbocycles. The number of sulfone groups is 1. The average Bonchev–Trinajstić information content (AvgIpc) is 3.00. The van der Waals surface area contributed by atoms with Crippen LogP contribution < -0.4 is 0 Å². The Labute approximate surface area is 151 Å². The fourth-order valence-electron chi connectivity index (χ4n) is 2.36. The highest BCUT2D eigenvalue weighted by Crippen LogP contribution is 2.17.